The fourth-order valence-corrected chi connectivity index (χ4v) is 5.48. The first-order valence-electron chi connectivity index (χ1n) is 9.98. The van der Waals surface area contributed by atoms with Crippen molar-refractivity contribution in [2.45, 2.75) is 18.7 Å². The lowest BCUT2D eigenvalue weighted by molar-refractivity contribution is 0.103. The lowest BCUT2D eigenvalue weighted by atomic mass is 9.95. The smallest absolute Gasteiger partial charge is 0.267 e. The summed E-state index contributed by atoms with van der Waals surface area (Å²) in [6.07, 6.45) is 0. The second kappa shape index (κ2) is 8.98. The highest BCUT2D eigenvalue weighted by molar-refractivity contribution is 7.92. The number of amides is 1. The highest BCUT2D eigenvalue weighted by Gasteiger charge is 2.20. The molecular weight excluding hydrogens is 440 g/mol. The number of anilines is 2. The molecule has 1 heterocycles. The van der Waals surface area contributed by atoms with Crippen LogP contribution in [0.15, 0.2) is 89.1 Å². The van der Waals surface area contributed by atoms with E-state index in [1.807, 2.05) is 30.3 Å². The molecule has 32 heavy (non-hydrogen) atoms. The van der Waals surface area contributed by atoms with Gasteiger partial charge in [0.15, 0.2) is 0 Å². The number of benzene rings is 3. The van der Waals surface area contributed by atoms with Gasteiger partial charge < -0.3 is 5.32 Å². The molecule has 0 aliphatic carbocycles. The summed E-state index contributed by atoms with van der Waals surface area (Å²) >= 11 is 1.18. The molecule has 0 atom stereocenters. The van der Waals surface area contributed by atoms with E-state index < -0.39 is 10.0 Å². The molecule has 162 valence electrons. The molecule has 0 fully saturated rings. The average molecular weight is 463 g/mol. The van der Waals surface area contributed by atoms with E-state index in [1.165, 1.54) is 23.5 Å². The van der Waals surface area contributed by atoms with Crippen LogP contribution in [-0.4, -0.2) is 14.3 Å². The second-order valence-electron chi connectivity index (χ2n) is 7.38. The minimum atomic E-state index is -3.79. The SMILES string of the molecule is Cc1cccc(C)c1-c1cccc(NC(=O)c2sccc2NS(=O)(=O)c2ccccc2)c1. The number of rotatable bonds is 6. The van der Waals surface area contributed by atoms with Crippen LogP contribution < -0.4 is 10.0 Å². The van der Waals surface area contributed by atoms with Crippen LogP contribution in [0.1, 0.15) is 20.8 Å². The van der Waals surface area contributed by atoms with Crippen molar-refractivity contribution in [3.8, 4) is 11.1 Å². The van der Waals surface area contributed by atoms with E-state index in [0.29, 0.717) is 10.6 Å². The summed E-state index contributed by atoms with van der Waals surface area (Å²) in [5.41, 5.74) is 5.35. The quantitative estimate of drug-likeness (QED) is 0.364. The number of hydrogen-bond donors (Lipinski definition) is 2. The number of sulfonamides is 1. The second-order valence-corrected chi connectivity index (χ2v) is 9.98. The van der Waals surface area contributed by atoms with Crippen molar-refractivity contribution in [3.63, 3.8) is 0 Å². The van der Waals surface area contributed by atoms with Gasteiger partial charge in [-0.05, 0) is 71.8 Å². The zero-order chi connectivity index (χ0) is 22.7. The fourth-order valence-electron chi connectivity index (χ4n) is 3.58. The molecule has 1 aromatic heterocycles. The van der Waals surface area contributed by atoms with Gasteiger partial charge in [0.2, 0.25) is 0 Å². The molecule has 0 aliphatic rings. The molecule has 0 bridgehead atoms. The maximum Gasteiger partial charge on any atom is 0.267 e. The molecule has 2 N–H and O–H groups in total. The maximum absolute atomic E-state index is 13.0. The molecule has 0 saturated carbocycles. The predicted octanol–water partition coefficient (Wildman–Crippen LogP) is 6.09. The molecule has 4 aromatic rings. The molecular formula is C25H22N2O3S2. The van der Waals surface area contributed by atoms with Gasteiger partial charge in [0.1, 0.15) is 4.88 Å². The Bertz CT molecular complexity index is 1360. The van der Waals surface area contributed by atoms with Gasteiger partial charge in [0.05, 0.1) is 10.6 Å². The number of nitrogens with one attached hydrogen (secondary N) is 2. The third kappa shape index (κ3) is 4.59. The maximum atomic E-state index is 13.0. The van der Waals surface area contributed by atoms with Crippen LogP contribution in [0, 0.1) is 13.8 Å². The number of hydrogen-bond acceptors (Lipinski definition) is 4. The van der Waals surface area contributed by atoms with Crippen LogP contribution in [-0.2, 0) is 10.0 Å². The summed E-state index contributed by atoms with van der Waals surface area (Å²) in [6.45, 7) is 4.12. The van der Waals surface area contributed by atoms with Crippen LogP contribution in [0.4, 0.5) is 11.4 Å². The molecule has 0 spiro atoms. The number of aryl methyl sites for hydroxylation is 2. The summed E-state index contributed by atoms with van der Waals surface area (Å²) in [5.74, 6) is -0.371. The Balaban J connectivity index is 1.57. The number of carbonyl (C=O) groups excluding carboxylic acids is 1. The van der Waals surface area contributed by atoms with Gasteiger partial charge >= 0.3 is 0 Å². The first-order valence-corrected chi connectivity index (χ1v) is 12.3. The predicted molar refractivity (Wildman–Crippen MR) is 131 cm³/mol. The van der Waals surface area contributed by atoms with Gasteiger partial charge in [-0.1, -0.05) is 48.5 Å². The molecule has 0 unspecified atom stereocenters. The molecule has 0 aliphatic heterocycles. The molecule has 0 saturated heterocycles. The molecule has 1 amide bonds. The van der Waals surface area contributed by atoms with E-state index in [2.05, 4.69) is 36.0 Å². The monoisotopic (exact) mass is 462 g/mol. The normalized spacial score (nSPS) is 11.2. The molecule has 4 rings (SSSR count). The molecule has 5 nitrogen and oxygen atoms in total. The molecule has 3 aromatic carbocycles. The molecule has 0 radical (unpaired) electrons. The Hall–Kier alpha value is -3.42. The third-order valence-corrected chi connectivity index (χ3v) is 7.35. The average Bonchev–Trinajstić information content (AvgIpc) is 3.22. The molecule has 7 heteroatoms. The highest BCUT2D eigenvalue weighted by Crippen LogP contribution is 2.30. The van der Waals surface area contributed by atoms with Gasteiger partial charge in [0.25, 0.3) is 15.9 Å². The van der Waals surface area contributed by atoms with Gasteiger partial charge in [-0.25, -0.2) is 8.42 Å². The lowest BCUT2D eigenvalue weighted by Crippen LogP contribution is -2.17. The Morgan fingerprint density at radius 1 is 0.844 bits per heavy atom. The van der Waals surface area contributed by atoms with Crippen molar-refractivity contribution in [2.75, 3.05) is 10.0 Å². The van der Waals surface area contributed by atoms with Gasteiger partial charge in [-0.2, -0.15) is 0 Å². The van der Waals surface area contributed by atoms with Crippen LogP contribution in [0.25, 0.3) is 11.1 Å². The van der Waals surface area contributed by atoms with Crippen molar-refractivity contribution in [2.24, 2.45) is 0 Å². The fraction of sp³-hybridized carbons (Fsp3) is 0.0800. The zero-order valence-corrected chi connectivity index (χ0v) is 19.3. The van der Waals surface area contributed by atoms with Crippen molar-refractivity contribution in [1.29, 1.82) is 0 Å². The van der Waals surface area contributed by atoms with E-state index in [9.17, 15) is 13.2 Å². The van der Waals surface area contributed by atoms with Crippen molar-refractivity contribution in [1.82, 2.24) is 0 Å². The largest absolute Gasteiger partial charge is 0.321 e. The number of carbonyl (C=O) groups is 1. The van der Waals surface area contributed by atoms with Crippen LogP contribution in [0.2, 0.25) is 0 Å². The van der Waals surface area contributed by atoms with E-state index >= 15 is 0 Å². The van der Waals surface area contributed by atoms with Crippen molar-refractivity contribution in [3.05, 3.63) is 100 Å². The number of thiophene rings is 1. The minimum absolute atomic E-state index is 0.138. The minimum Gasteiger partial charge on any atom is -0.321 e. The highest BCUT2D eigenvalue weighted by atomic mass is 32.2. The van der Waals surface area contributed by atoms with Crippen molar-refractivity contribution >= 4 is 38.6 Å². The van der Waals surface area contributed by atoms with Crippen LogP contribution in [0.5, 0.6) is 0 Å². The Morgan fingerprint density at radius 3 is 2.25 bits per heavy atom. The summed E-state index contributed by atoms with van der Waals surface area (Å²) < 4.78 is 27.8. The van der Waals surface area contributed by atoms with E-state index in [4.69, 9.17) is 0 Å². The van der Waals surface area contributed by atoms with Gasteiger partial charge in [0, 0.05) is 5.69 Å². The topological polar surface area (TPSA) is 75.3 Å². The van der Waals surface area contributed by atoms with Crippen LogP contribution in [0.3, 0.4) is 0 Å². The summed E-state index contributed by atoms with van der Waals surface area (Å²) in [4.78, 5) is 13.4. The van der Waals surface area contributed by atoms with Gasteiger partial charge in [-0.15, -0.1) is 11.3 Å². The first-order chi connectivity index (χ1) is 15.3. The zero-order valence-electron chi connectivity index (χ0n) is 17.6. The Morgan fingerprint density at radius 2 is 1.53 bits per heavy atom. The van der Waals surface area contributed by atoms with Crippen LogP contribution >= 0.6 is 11.3 Å². The van der Waals surface area contributed by atoms with E-state index in [0.717, 1.165) is 22.3 Å². The Labute approximate surface area is 191 Å². The van der Waals surface area contributed by atoms with E-state index in [-0.39, 0.29) is 16.5 Å². The third-order valence-electron chi connectivity index (χ3n) is 5.06. The summed E-state index contributed by atoms with van der Waals surface area (Å²) in [5, 5.41) is 4.58. The van der Waals surface area contributed by atoms with Crippen molar-refractivity contribution < 1.29 is 13.2 Å². The lowest BCUT2D eigenvalue weighted by Gasteiger charge is -2.12. The van der Waals surface area contributed by atoms with E-state index in [1.54, 1.807) is 29.6 Å². The standard InChI is InChI=1S/C25H22N2O3S2/c1-17-8-6-9-18(2)23(17)19-10-7-11-20(16-19)26-25(28)24-22(14-15-31-24)27-32(29,30)21-12-4-3-5-13-21/h3-16,27H,1-2H3,(H,26,28). The summed E-state index contributed by atoms with van der Waals surface area (Å²) in [6, 6.07) is 23.4. The Kier molecular flexibility index (Phi) is 6.12. The summed E-state index contributed by atoms with van der Waals surface area (Å²) in [7, 11) is -3.79. The van der Waals surface area contributed by atoms with Gasteiger partial charge in [-0.3, -0.25) is 9.52 Å². The first kappa shape index (κ1) is 21.8.